The second-order valence-corrected chi connectivity index (χ2v) is 4.82. The summed E-state index contributed by atoms with van der Waals surface area (Å²) >= 11 is 0. The van der Waals surface area contributed by atoms with Crippen molar-refractivity contribution >= 4 is 0 Å². The van der Waals surface area contributed by atoms with Gasteiger partial charge in [-0.1, -0.05) is 6.42 Å². The average Bonchev–Trinajstić information content (AvgIpc) is 3.23. The molecule has 1 aromatic carbocycles. The van der Waals surface area contributed by atoms with Gasteiger partial charge in [0.25, 0.3) is 0 Å². The van der Waals surface area contributed by atoms with Crippen molar-refractivity contribution in [2.45, 2.75) is 33.1 Å². The number of H-pyrrole nitrogens is 1. The molecule has 24 heavy (non-hydrogen) atoms. The van der Waals surface area contributed by atoms with Crippen LogP contribution < -0.4 is 0 Å². The first-order valence-corrected chi connectivity index (χ1v) is 7.42. The first-order chi connectivity index (χ1) is 11.2. The molecule has 1 aromatic heterocycles. The Hall–Kier alpha value is -1.96. The fourth-order valence-electron chi connectivity index (χ4n) is 1.95. The van der Waals surface area contributed by atoms with Crippen molar-refractivity contribution in [3.05, 3.63) is 74.0 Å². The maximum absolute atomic E-state index is 7.32. The second-order valence-electron chi connectivity index (χ2n) is 4.82. The van der Waals surface area contributed by atoms with Crippen LogP contribution in [0.4, 0.5) is 0 Å². The number of nitriles is 1. The van der Waals surface area contributed by atoms with Gasteiger partial charge in [-0.15, -0.1) is 61.2 Å². The molecule has 128 valence electrons. The minimum absolute atomic E-state index is 0. The van der Waals surface area contributed by atoms with Crippen LogP contribution in [-0.4, -0.2) is 9.97 Å². The number of hydrogen-bond donors (Lipinski definition) is 1. The molecule has 2 aromatic rings. The Kier molecular flexibility index (Phi) is 16.1. The van der Waals surface area contributed by atoms with E-state index in [9.17, 15) is 0 Å². The third-order valence-electron chi connectivity index (χ3n) is 2.92. The van der Waals surface area contributed by atoms with Gasteiger partial charge in [0.15, 0.2) is 0 Å². The number of hydrogen-bond acceptors (Lipinski definition) is 2. The van der Waals surface area contributed by atoms with Crippen LogP contribution >= 0.6 is 0 Å². The molecular weight excluding hydrogens is 472 g/mol. The van der Waals surface area contributed by atoms with Crippen molar-refractivity contribution in [1.29, 1.82) is 5.26 Å². The van der Waals surface area contributed by atoms with Crippen molar-refractivity contribution in [1.82, 2.24) is 9.97 Å². The van der Waals surface area contributed by atoms with E-state index in [4.69, 9.17) is 5.26 Å². The largest absolute Gasteiger partial charge is 2.00 e. The Morgan fingerprint density at radius 3 is 2.38 bits per heavy atom. The molecule has 1 heterocycles. The van der Waals surface area contributed by atoms with Crippen LogP contribution in [0.5, 0.6) is 0 Å². The van der Waals surface area contributed by atoms with Crippen LogP contribution in [0.2, 0.25) is 0 Å². The van der Waals surface area contributed by atoms with Gasteiger partial charge in [0, 0.05) is 19.3 Å². The molecule has 0 radical (unpaired) electrons. The summed E-state index contributed by atoms with van der Waals surface area (Å²) < 4.78 is 0. The van der Waals surface area contributed by atoms with E-state index < -0.39 is 0 Å². The number of aromatic amines is 1. The van der Waals surface area contributed by atoms with Crippen molar-refractivity contribution in [3.63, 3.8) is 0 Å². The molecule has 0 aliphatic heterocycles. The van der Waals surface area contributed by atoms with E-state index in [0.29, 0.717) is 0 Å². The van der Waals surface area contributed by atoms with Gasteiger partial charge in [0.05, 0.1) is 11.9 Å². The van der Waals surface area contributed by atoms with Crippen LogP contribution in [0.25, 0.3) is 11.4 Å². The van der Waals surface area contributed by atoms with E-state index in [2.05, 4.69) is 42.7 Å². The molecule has 0 amide bonds. The summed E-state index contributed by atoms with van der Waals surface area (Å²) in [6, 6.07) is 12.6. The topological polar surface area (TPSA) is 52.5 Å². The second kappa shape index (κ2) is 15.9. The zero-order chi connectivity index (χ0) is 17.5. The van der Waals surface area contributed by atoms with Gasteiger partial charge in [-0.05, 0) is 0 Å². The molecule has 0 saturated heterocycles. The maximum atomic E-state index is 7.32. The molecule has 0 atom stereocenters. The number of benzene rings is 1. The summed E-state index contributed by atoms with van der Waals surface area (Å²) in [5.41, 5.74) is 2.41. The zero-order valence-corrected chi connectivity index (χ0v) is 17.0. The van der Waals surface area contributed by atoms with E-state index in [0.717, 1.165) is 11.4 Å². The van der Waals surface area contributed by atoms with E-state index in [1.54, 1.807) is 24.4 Å². The molecule has 1 N–H and O–H groups in total. The summed E-state index contributed by atoms with van der Waals surface area (Å²) in [5.74, 6) is 2.47. The van der Waals surface area contributed by atoms with Gasteiger partial charge in [-0.3, -0.25) is 4.98 Å². The third-order valence-corrected chi connectivity index (χ3v) is 2.92. The molecule has 3 nitrogen and oxygen atoms in total. The minimum atomic E-state index is 0. The first kappa shape index (κ1) is 24.3. The minimum Gasteiger partial charge on any atom is -0.384 e. The molecule has 0 bridgehead atoms. The predicted molar refractivity (Wildman–Crippen MR) is 97.3 cm³/mol. The van der Waals surface area contributed by atoms with Crippen molar-refractivity contribution in [2.24, 2.45) is 0 Å². The van der Waals surface area contributed by atoms with E-state index in [1.807, 2.05) is 24.3 Å². The predicted octanol–water partition coefficient (Wildman–Crippen LogP) is 5.53. The van der Waals surface area contributed by atoms with Gasteiger partial charge in [-0.25, -0.2) is 0 Å². The van der Waals surface area contributed by atoms with Crippen LogP contribution in [0.15, 0.2) is 62.0 Å². The number of allylic oxidation sites excluding steroid dienone is 1. The fraction of sp³-hybridized carbons (Fsp3) is 0.250. The Balaban J connectivity index is 0. The number of imidazole rings is 1. The molecule has 1 saturated carbocycles. The smallest absolute Gasteiger partial charge is 0.384 e. The number of nitrogens with zero attached hydrogens (tertiary/aromatic N) is 2. The monoisotopic (exact) mass is 499 g/mol. The SMILES string of the molecule is C=C.C=C1CC[C-](C)C1.CC#N.[Os+2].[c-]1ccccc1-c1ncc[nH]1. The Morgan fingerprint density at radius 2 is 2.04 bits per heavy atom. The molecule has 1 aliphatic carbocycles. The summed E-state index contributed by atoms with van der Waals surface area (Å²) in [7, 11) is 0. The van der Waals surface area contributed by atoms with Gasteiger partial charge in [0.1, 0.15) is 0 Å². The molecule has 0 spiro atoms. The van der Waals surface area contributed by atoms with Gasteiger partial charge >= 0.3 is 19.8 Å². The average molecular weight is 498 g/mol. The Labute approximate surface area is 159 Å². The zero-order valence-electron chi connectivity index (χ0n) is 14.5. The molecule has 1 aliphatic rings. The van der Waals surface area contributed by atoms with Crippen LogP contribution in [0.3, 0.4) is 0 Å². The van der Waals surface area contributed by atoms with E-state index >= 15 is 0 Å². The van der Waals surface area contributed by atoms with Gasteiger partial charge in [0.2, 0.25) is 0 Å². The number of rotatable bonds is 1. The van der Waals surface area contributed by atoms with E-state index in [1.165, 1.54) is 31.8 Å². The molecule has 3 rings (SSSR count). The molecular formula is C20H25N3Os. The fourth-order valence-corrected chi connectivity index (χ4v) is 1.95. The standard InChI is InChI=1S/C9H7N2.C7H11.C2H3N.C2H4.Os/c1-2-4-8(5-3-1)9-10-6-7-11-9;1-6-3-4-7(2)5-6;1-2-3;1-2;/h1-4,6-7H,(H,10,11);1,3-5H2,2H3;1H3;1-2H2;/q2*-1;;;+2. The molecule has 1 fully saturated rings. The van der Waals surface area contributed by atoms with Gasteiger partial charge in [-0.2, -0.15) is 25.0 Å². The van der Waals surface area contributed by atoms with Crippen molar-refractivity contribution in [3.8, 4) is 17.5 Å². The van der Waals surface area contributed by atoms with Crippen LogP contribution in [0.1, 0.15) is 33.1 Å². The third kappa shape index (κ3) is 10.7. The summed E-state index contributed by atoms with van der Waals surface area (Å²) in [6.07, 6.45) is 7.26. The first-order valence-electron chi connectivity index (χ1n) is 7.42. The van der Waals surface area contributed by atoms with Crippen LogP contribution in [-0.2, 0) is 19.8 Å². The Morgan fingerprint density at radius 1 is 1.38 bits per heavy atom. The normalized spacial score (nSPS) is 12.0. The van der Waals surface area contributed by atoms with Gasteiger partial charge < -0.3 is 10.9 Å². The summed E-state index contributed by atoms with van der Waals surface area (Å²) in [4.78, 5) is 7.11. The molecule has 4 heteroatoms. The summed E-state index contributed by atoms with van der Waals surface area (Å²) in [6.45, 7) is 13.5. The van der Waals surface area contributed by atoms with Crippen LogP contribution in [0, 0.1) is 23.3 Å². The Bertz CT molecular complexity index is 571. The van der Waals surface area contributed by atoms with Crippen molar-refractivity contribution in [2.75, 3.05) is 0 Å². The quantitative estimate of drug-likeness (QED) is 0.416. The maximum Gasteiger partial charge on any atom is 2.00 e. The van der Waals surface area contributed by atoms with Crippen molar-refractivity contribution < 1.29 is 19.8 Å². The van der Waals surface area contributed by atoms with E-state index in [-0.39, 0.29) is 19.8 Å². The number of nitrogens with one attached hydrogen (secondary N) is 1. The number of aromatic nitrogens is 2. The molecule has 0 unspecified atom stereocenters. The summed E-state index contributed by atoms with van der Waals surface area (Å²) in [5, 5.41) is 7.32.